The van der Waals surface area contributed by atoms with Crippen LogP contribution in [0.3, 0.4) is 0 Å². The zero-order valence-corrected chi connectivity index (χ0v) is 10.3. The van der Waals surface area contributed by atoms with E-state index in [1.165, 1.54) is 0 Å². The van der Waals surface area contributed by atoms with Gasteiger partial charge >= 0.3 is 0 Å². The molecule has 0 aliphatic rings. The lowest BCUT2D eigenvalue weighted by atomic mass is 10.2. The molecule has 3 nitrogen and oxygen atoms in total. The monoisotopic (exact) mass is 268 g/mol. The highest BCUT2D eigenvalue weighted by molar-refractivity contribution is 9.10. The summed E-state index contributed by atoms with van der Waals surface area (Å²) in [6.07, 6.45) is 0.485. The number of rotatable bonds is 4. The molecule has 1 rings (SSSR count). The standard InChI is InChI=1S/C11H13BrN2O/c1-8(5-6-13)14-9-3-4-10(12)11(7-9)15-2/h3-4,7-8,14H,5H2,1-2H3. The fourth-order valence-corrected chi connectivity index (χ4v) is 1.63. The molecular weight excluding hydrogens is 256 g/mol. The van der Waals surface area contributed by atoms with Crippen LogP contribution in [0.15, 0.2) is 22.7 Å². The van der Waals surface area contributed by atoms with E-state index in [0.717, 1.165) is 15.9 Å². The van der Waals surface area contributed by atoms with Gasteiger partial charge < -0.3 is 10.1 Å². The smallest absolute Gasteiger partial charge is 0.135 e. The average molecular weight is 269 g/mol. The van der Waals surface area contributed by atoms with Gasteiger partial charge in [0.15, 0.2) is 0 Å². The molecule has 1 N–H and O–H groups in total. The summed E-state index contributed by atoms with van der Waals surface area (Å²) in [5.74, 6) is 0.782. The minimum absolute atomic E-state index is 0.140. The second-order valence-electron chi connectivity index (χ2n) is 3.26. The zero-order valence-electron chi connectivity index (χ0n) is 8.75. The van der Waals surface area contributed by atoms with Crippen LogP contribution in [0, 0.1) is 11.3 Å². The first-order valence-electron chi connectivity index (χ1n) is 4.64. The summed E-state index contributed by atoms with van der Waals surface area (Å²) in [6, 6.07) is 8.03. The third-order valence-electron chi connectivity index (χ3n) is 1.96. The fraction of sp³-hybridized carbons (Fsp3) is 0.364. The molecule has 1 aromatic carbocycles. The number of nitrogens with zero attached hydrogens (tertiary/aromatic N) is 1. The minimum Gasteiger partial charge on any atom is -0.495 e. The van der Waals surface area contributed by atoms with E-state index in [4.69, 9.17) is 10.00 Å². The van der Waals surface area contributed by atoms with Crippen LogP contribution in [0.1, 0.15) is 13.3 Å². The first kappa shape index (κ1) is 11.9. The predicted octanol–water partition coefficient (Wildman–Crippen LogP) is 3.17. The van der Waals surface area contributed by atoms with Crippen molar-refractivity contribution in [2.45, 2.75) is 19.4 Å². The van der Waals surface area contributed by atoms with Gasteiger partial charge in [-0.1, -0.05) is 0 Å². The Balaban J connectivity index is 2.75. The number of benzene rings is 1. The summed E-state index contributed by atoms with van der Waals surface area (Å²) in [7, 11) is 1.63. The molecule has 1 atom stereocenters. The van der Waals surface area contributed by atoms with Crippen molar-refractivity contribution in [1.82, 2.24) is 0 Å². The van der Waals surface area contributed by atoms with Crippen molar-refractivity contribution >= 4 is 21.6 Å². The van der Waals surface area contributed by atoms with Gasteiger partial charge in [0.05, 0.1) is 24.1 Å². The number of nitrogens with one attached hydrogen (secondary N) is 1. The number of ether oxygens (including phenoxy) is 1. The van der Waals surface area contributed by atoms with Gasteiger partial charge in [0.1, 0.15) is 5.75 Å². The van der Waals surface area contributed by atoms with Crippen molar-refractivity contribution in [3.63, 3.8) is 0 Å². The molecule has 0 saturated heterocycles. The maximum atomic E-state index is 8.54. The Bertz CT molecular complexity index is 373. The molecule has 0 heterocycles. The second kappa shape index (κ2) is 5.62. The van der Waals surface area contributed by atoms with Gasteiger partial charge in [-0.2, -0.15) is 5.26 Å². The lowest BCUT2D eigenvalue weighted by Gasteiger charge is -2.13. The number of halogens is 1. The molecular formula is C11H13BrN2O. The molecule has 0 spiro atoms. The van der Waals surface area contributed by atoms with Crippen LogP contribution in [0.25, 0.3) is 0 Å². The Hall–Kier alpha value is -1.21. The Labute approximate surface area is 98.2 Å². The van der Waals surface area contributed by atoms with Crippen molar-refractivity contribution in [1.29, 1.82) is 5.26 Å². The molecule has 4 heteroatoms. The summed E-state index contributed by atoms with van der Waals surface area (Å²) < 4.78 is 6.10. The molecule has 1 unspecified atom stereocenters. The van der Waals surface area contributed by atoms with Gasteiger partial charge in [-0.05, 0) is 35.0 Å². The normalized spacial score (nSPS) is 11.6. The molecule has 1 aromatic rings. The minimum atomic E-state index is 0.140. The number of hydrogen-bond donors (Lipinski definition) is 1. The Morgan fingerprint density at radius 2 is 2.33 bits per heavy atom. The number of anilines is 1. The van der Waals surface area contributed by atoms with Crippen molar-refractivity contribution in [3.8, 4) is 11.8 Å². The molecule has 15 heavy (non-hydrogen) atoms. The van der Waals surface area contributed by atoms with Crippen molar-refractivity contribution in [3.05, 3.63) is 22.7 Å². The molecule has 0 fully saturated rings. The first-order chi connectivity index (χ1) is 7.17. The lowest BCUT2D eigenvalue weighted by Crippen LogP contribution is -2.13. The third kappa shape index (κ3) is 3.45. The van der Waals surface area contributed by atoms with Crippen molar-refractivity contribution < 1.29 is 4.74 Å². The third-order valence-corrected chi connectivity index (χ3v) is 2.62. The Kier molecular flexibility index (Phi) is 4.44. The molecule has 0 aliphatic heterocycles. The van der Waals surface area contributed by atoms with Gasteiger partial charge in [0.2, 0.25) is 0 Å². The summed E-state index contributed by atoms with van der Waals surface area (Å²) in [5, 5.41) is 11.8. The van der Waals surface area contributed by atoms with E-state index >= 15 is 0 Å². The molecule has 0 bridgehead atoms. The topological polar surface area (TPSA) is 45.0 Å². The quantitative estimate of drug-likeness (QED) is 0.913. The van der Waals surface area contributed by atoms with E-state index in [2.05, 4.69) is 27.3 Å². The highest BCUT2D eigenvalue weighted by Gasteiger charge is 2.04. The summed E-state index contributed by atoms with van der Waals surface area (Å²) >= 11 is 3.38. The molecule has 0 radical (unpaired) electrons. The summed E-state index contributed by atoms with van der Waals surface area (Å²) in [5.41, 5.74) is 0.956. The SMILES string of the molecule is COc1cc(NC(C)CC#N)ccc1Br. The van der Waals surface area contributed by atoms with Gasteiger partial charge in [-0.3, -0.25) is 0 Å². The Morgan fingerprint density at radius 3 is 2.93 bits per heavy atom. The van der Waals surface area contributed by atoms with Crippen molar-refractivity contribution in [2.75, 3.05) is 12.4 Å². The zero-order chi connectivity index (χ0) is 11.3. The second-order valence-corrected chi connectivity index (χ2v) is 4.11. The van der Waals surface area contributed by atoms with Gasteiger partial charge in [0, 0.05) is 17.8 Å². The maximum Gasteiger partial charge on any atom is 0.135 e. The van der Waals surface area contributed by atoms with Crippen LogP contribution in [0.2, 0.25) is 0 Å². The van der Waals surface area contributed by atoms with Gasteiger partial charge in [0.25, 0.3) is 0 Å². The number of nitriles is 1. The molecule has 0 saturated carbocycles. The van der Waals surface area contributed by atoms with Crippen LogP contribution < -0.4 is 10.1 Å². The molecule has 0 aliphatic carbocycles. The molecule has 0 aromatic heterocycles. The first-order valence-corrected chi connectivity index (χ1v) is 5.43. The molecule has 0 amide bonds. The summed E-state index contributed by atoms with van der Waals surface area (Å²) in [6.45, 7) is 1.97. The molecule has 80 valence electrons. The largest absolute Gasteiger partial charge is 0.495 e. The number of methoxy groups -OCH3 is 1. The van der Waals surface area contributed by atoms with Crippen LogP contribution in [-0.4, -0.2) is 13.2 Å². The highest BCUT2D eigenvalue weighted by atomic mass is 79.9. The van der Waals surface area contributed by atoms with E-state index in [1.807, 2.05) is 25.1 Å². The van der Waals surface area contributed by atoms with E-state index < -0.39 is 0 Å². The van der Waals surface area contributed by atoms with E-state index in [0.29, 0.717) is 6.42 Å². The van der Waals surface area contributed by atoms with Gasteiger partial charge in [-0.15, -0.1) is 0 Å². The van der Waals surface area contributed by atoms with Crippen LogP contribution >= 0.6 is 15.9 Å². The van der Waals surface area contributed by atoms with Crippen LogP contribution in [0.5, 0.6) is 5.75 Å². The van der Waals surface area contributed by atoms with Gasteiger partial charge in [-0.25, -0.2) is 0 Å². The highest BCUT2D eigenvalue weighted by Crippen LogP contribution is 2.28. The van der Waals surface area contributed by atoms with Crippen LogP contribution in [0.4, 0.5) is 5.69 Å². The Morgan fingerprint density at radius 1 is 1.60 bits per heavy atom. The fourth-order valence-electron chi connectivity index (χ4n) is 1.22. The number of hydrogen-bond acceptors (Lipinski definition) is 3. The van der Waals surface area contributed by atoms with Crippen molar-refractivity contribution in [2.24, 2.45) is 0 Å². The maximum absolute atomic E-state index is 8.54. The average Bonchev–Trinajstić information content (AvgIpc) is 2.21. The predicted molar refractivity (Wildman–Crippen MR) is 64.0 cm³/mol. The van der Waals surface area contributed by atoms with E-state index in [1.54, 1.807) is 7.11 Å². The lowest BCUT2D eigenvalue weighted by molar-refractivity contribution is 0.412. The van der Waals surface area contributed by atoms with E-state index in [-0.39, 0.29) is 6.04 Å². The van der Waals surface area contributed by atoms with E-state index in [9.17, 15) is 0 Å². The summed E-state index contributed by atoms with van der Waals surface area (Å²) in [4.78, 5) is 0. The van der Waals surface area contributed by atoms with Crippen LogP contribution in [-0.2, 0) is 0 Å².